The van der Waals surface area contributed by atoms with Crippen molar-refractivity contribution in [1.29, 1.82) is 0 Å². The van der Waals surface area contributed by atoms with Crippen molar-refractivity contribution >= 4 is 67.8 Å². The summed E-state index contributed by atoms with van der Waals surface area (Å²) in [5.41, 5.74) is 8.22. The highest BCUT2D eigenvalue weighted by Gasteiger charge is 2.51. The molecule has 0 aliphatic carbocycles. The molecule has 0 radical (unpaired) electrons. The van der Waals surface area contributed by atoms with Gasteiger partial charge < -0.3 is 4.57 Å². The number of nitrogens with zero attached hydrogens (tertiary/aromatic N) is 4. The minimum absolute atomic E-state index is 0.579. The molecule has 59 heavy (non-hydrogen) atoms. The van der Waals surface area contributed by atoms with E-state index in [1.807, 2.05) is 66.9 Å². The zero-order valence-electron chi connectivity index (χ0n) is 32.0. The van der Waals surface area contributed by atoms with E-state index in [2.05, 4.69) is 160 Å². The number of halogens is 1. The summed E-state index contributed by atoms with van der Waals surface area (Å²) < 4.78 is 19.8. The first-order valence-corrected chi connectivity index (χ1v) is 22.0. The third-order valence-electron chi connectivity index (χ3n) is 11.8. The van der Waals surface area contributed by atoms with E-state index in [-0.39, 0.29) is 0 Å². The Balaban J connectivity index is 1.27. The fourth-order valence-corrected chi connectivity index (χ4v) is 14.6. The smallest absolute Gasteiger partial charge is 0.186 e. The van der Waals surface area contributed by atoms with Gasteiger partial charge in [0.15, 0.2) is 14.2 Å². The van der Waals surface area contributed by atoms with Gasteiger partial charge in [0.25, 0.3) is 0 Å². The molecular formula is C53H37FN4Si. The van der Waals surface area contributed by atoms with Crippen LogP contribution in [0, 0.1) is 0 Å². The van der Waals surface area contributed by atoms with Gasteiger partial charge >= 0.3 is 0 Å². The average molecular weight is 777 g/mol. The molecule has 4 heterocycles. The molecule has 7 aromatic carbocycles. The van der Waals surface area contributed by atoms with E-state index in [1.54, 1.807) is 6.20 Å². The van der Waals surface area contributed by atoms with Gasteiger partial charge in [0, 0.05) is 45.3 Å². The normalized spacial score (nSPS) is 13.5. The van der Waals surface area contributed by atoms with Crippen molar-refractivity contribution in [2.45, 2.75) is 6.17 Å². The Kier molecular flexibility index (Phi) is 8.38. The molecule has 1 aliphatic heterocycles. The molecule has 0 amide bonds. The maximum atomic E-state index is 17.3. The maximum Gasteiger partial charge on any atom is 0.186 e. The largest absolute Gasteiger partial charge is 0.309 e. The van der Waals surface area contributed by atoms with E-state index in [0.29, 0.717) is 11.1 Å². The third kappa shape index (κ3) is 5.48. The number of anilines is 3. The van der Waals surface area contributed by atoms with Crippen LogP contribution in [0.3, 0.4) is 0 Å². The van der Waals surface area contributed by atoms with Gasteiger partial charge in [0.05, 0.1) is 22.4 Å². The molecule has 3 aromatic heterocycles. The molecule has 0 N–H and O–H groups in total. The van der Waals surface area contributed by atoms with Crippen molar-refractivity contribution in [3.8, 4) is 16.9 Å². The molecule has 11 rings (SSSR count). The predicted octanol–water partition coefficient (Wildman–Crippen LogP) is 10.5. The van der Waals surface area contributed by atoms with E-state index in [0.717, 1.165) is 39.7 Å². The van der Waals surface area contributed by atoms with Gasteiger partial charge in [0.1, 0.15) is 5.82 Å². The van der Waals surface area contributed by atoms with Crippen molar-refractivity contribution in [3.05, 3.63) is 230 Å². The van der Waals surface area contributed by atoms with Crippen molar-refractivity contribution in [2.75, 3.05) is 4.90 Å². The van der Waals surface area contributed by atoms with E-state index >= 15 is 4.39 Å². The van der Waals surface area contributed by atoms with Crippen LogP contribution < -0.4 is 25.6 Å². The second-order valence-electron chi connectivity index (χ2n) is 15.0. The second-order valence-corrected chi connectivity index (χ2v) is 18.7. The van der Waals surface area contributed by atoms with E-state index < -0.39 is 14.2 Å². The summed E-state index contributed by atoms with van der Waals surface area (Å²) in [6.07, 6.45) is 2.22. The quantitative estimate of drug-likeness (QED) is 0.151. The van der Waals surface area contributed by atoms with Gasteiger partial charge in [-0.2, -0.15) is 0 Å². The van der Waals surface area contributed by atoms with E-state index in [4.69, 9.17) is 4.98 Å². The number of alkyl halides is 1. The second kappa shape index (κ2) is 14.2. The van der Waals surface area contributed by atoms with E-state index in [1.165, 1.54) is 37.0 Å². The van der Waals surface area contributed by atoms with E-state index in [9.17, 15) is 0 Å². The van der Waals surface area contributed by atoms with Gasteiger partial charge in [-0.05, 0) is 87.4 Å². The molecular weight excluding hydrogens is 740 g/mol. The number of benzene rings is 7. The first-order valence-electron chi connectivity index (χ1n) is 20.0. The highest BCUT2D eigenvalue weighted by Crippen LogP contribution is 2.43. The van der Waals surface area contributed by atoms with Gasteiger partial charge in [-0.15, -0.1) is 0 Å². The molecule has 0 saturated carbocycles. The Bertz CT molecular complexity index is 3080. The fraction of sp³-hybridized carbons (Fsp3) is 0.0189. The summed E-state index contributed by atoms with van der Waals surface area (Å²) in [6.45, 7) is 0. The fourth-order valence-electron chi connectivity index (χ4n) is 9.38. The molecule has 0 spiro atoms. The van der Waals surface area contributed by atoms with Gasteiger partial charge in [0.2, 0.25) is 0 Å². The molecule has 0 saturated heterocycles. The summed E-state index contributed by atoms with van der Waals surface area (Å²) >= 11 is 0. The summed E-state index contributed by atoms with van der Waals surface area (Å²) in [5.74, 6) is 0.769. The first kappa shape index (κ1) is 34.8. The summed E-state index contributed by atoms with van der Waals surface area (Å²) in [7, 11) is -3.25. The lowest BCUT2D eigenvalue weighted by Gasteiger charge is -2.45. The van der Waals surface area contributed by atoms with Crippen LogP contribution >= 0.6 is 0 Å². The number of para-hydroxylation sites is 2. The number of fused-ring (bicyclic) bond motifs is 6. The highest BCUT2D eigenvalue weighted by molar-refractivity contribution is 7.22. The lowest BCUT2D eigenvalue weighted by atomic mass is 9.99. The number of rotatable bonds is 7. The standard InChI is InChI=1S/C53H37FN4Si/c54-51(38-18-16-17-37(35-38)45-26-12-14-33-55-45)39-29-32-49-48(36-39)58(50-28-13-15-34-56-50)47-31-30-44-43-25-10-11-27-46(43)57(40-19-4-1-5-20-40)52(44)53(47)59(49,41-21-6-2-7-22-41)42-23-8-3-9-24-42/h1-36,51H. The molecule has 0 bridgehead atoms. The molecule has 4 nitrogen and oxygen atoms in total. The SMILES string of the molecule is FC(c1cccc(-c2ccccn2)c1)c1ccc2c(c1)N(c1ccccn1)c1ccc3c4ccccc4n(-c4ccccc4)c3c1[Si]2(c1ccccc1)c1ccccc1. The Morgan fingerprint density at radius 3 is 1.86 bits per heavy atom. The van der Waals surface area contributed by atoms with Gasteiger partial charge in [-0.25, -0.2) is 9.37 Å². The van der Waals surface area contributed by atoms with Crippen LogP contribution in [0.4, 0.5) is 21.6 Å². The van der Waals surface area contributed by atoms with Crippen LogP contribution in [-0.2, 0) is 0 Å². The average Bonchev–Trinajstić information content (AvgIpc) is 3.66. The maximum absolute atomic E-state index is 17.3. The molecule has 0 fully saturated rings. The zero-order valence-corrected chi connectivity index (χ0v) is 33.0. The molecule has 6 heteroatoms. The van der Waals surface area contributed by atoms with Gasteiger partial charge in [-0.3, -0.25) is 9.88 Å². The summed E-state index contributed by atoms with van der Waals surface area (Å²) in [4.78, 5) is 11.8. The topological polar surface area (TPSA) is 34.0 Å². The Hall–Kier alpha value is -7.41. The van der Waals surface area contributed by atoms with Crippen molar-refractivity contribution in [3.63, 3.8) is 0 Å². The zero-order chi connectivity index (χ0) is 39.3. The third-order valence-corrected chi connectivity index (χ3v) is 16.7. The minimum atomic E-state index is -3.25. The molecule has 280 valence electrons. The highest BCUT2D eigenvalue weighted by atomic mass is 28.3. The van der Waals surface area contributed by atoms with Crippen molar-refractivity contribution in [1.82, 2.24) is 14.5 Å². The van der Waals surface area contributed by atoms with Crippen molar-refractivity contribution < 1.29 is 4.39 Å². The Morgan fingerprint density at radius 2 is 1.15 bits per heavy atom. The Morgan fingerprint density at radius 1 is 0.492 bits per heavy atom. The summed E-state index contributed by atoms with van der Waals surface area (Å²) in [6, 6.07) is 71.8. The minimum Gasteiger partial charge on any atom is -0.309 e. The van der Waals surface area contributed by atoms with Crippen LogP contribution in [0.15, 0.2) is 219 Å². The number of hydrogen-bond acceptors (Lipinski definition) is 3. The lowest BCUT2D eigenvalue weighted by Crippen LogP contribution is -2.77. The van der Waals surface area contributed by atoms with Crippen LogP contribution in [0.1, 0.15) is 17.3 Å². The lowest BCUT2D eigenvalue weighted by molar-refractivity contribution is 0.402. The first-order chi connectivity index (χ1) is 29.2. The number of pyridine rings is 2. The molecule has 1 atom stereocenters. The predicted molar refractivity (Wildman–Crippen MR) is 243 cm³/mol. The monoisotopic (exact) mass is 776 g/mol. The summed E-state index contributed by atoms with van der Waals surface area (Å²) in [5, 5.41) is 7.31. The number of hydrogen-bond donors (Lipinski definition) is 0. The molecule has 1 aliphatic rings. The van der Waals surface area contributed by atoms with Crippen LogP contribution in [0.25, 0.3) is 38.8 Å². The van der Waals surface area contributed by atoms with Crippen LogP contribution in [-0.4, -0.2) is 22.6 Å². The molecule has 1 unspecified atom stereocenters. The van der Waals surface area contributed by atoms with Crippen molar-refractivity contribution in [2.24, 2.45) is 0 Å². The van der Waals surface area contributed by atoms with Crippen LogP contribution in [0.5, 0.6) is 0 Å². The van der Waals surface area contributed by atoms with Gasteiger partial charge in [-0.1, -0.05) is 146 Å². The number of aromatic nitrogens is 3. The molecule has 10 aromatic rings. The Labute approximate surface area is 343 Å². The van der Waals surface area contributed by atoms with Crippen LogP contribution in [0.2, 0.25) is 0 Å².